The van der Waals surface area contributed by atoms with Crippen LogP contribution in [0.2, 0.25) is 0 Å². The molecule has 0 spiro atoms. The number of anilines is 1. The zero-order valence-corrected chi connectivity index (χ0v) is 11.5. The summed E-state index contributed by atoms with van der Waals surface area (Å²) in [5.41, 5.74) is 5.85. The Morgan fingerprint density at radius 2 is 2.05 bits per heavy atom. The van der Waals surface area contributed by atoms with Crippen molar-refractivity contribution in [1.29, 1.82) is 10.5 Å². The van der Waals surface area contributed by atoms with Crippen LogP contribution in [0, 0.1) is 22.7 Å². The molecule has 19 heavy (non-hydrogen) atoms. The van der Waals surface area contributed by atoms with Gasteiger partial charge < -0.3 is 5.73 Å². The Hall–Kier alpha value is -2.09. The summed E-state index contributed by atoms with van der Waals surface area (Å²) in [6.45, 7) is 1.63. The summed E-state index contributed by atoms with van der Waals surface area (Å²) in [5, 5.41) is 17.6. The first-order valence-corrected chi connectivity index (χ1v) is 6.93. The first-order chi connectivity index (χ1) is 8.84. The molecule has 0 aliphatic carbocycles. The summed E-state index contributed by atoms with van der Waals surface area (Å²) in [6.07, 6.45) is 0.0760. The summed E-state index contributed by atoms with van der Waals surface area (Å²) in [4.78, 5) is -0.100. The van der Waals surface area contributed by atoms with Gasteiger partial charge in [-0.15, -0.1) is 0 Å². The minimum absolute atomic E-state index is 0.00370. The maximum Gasteiger partial charge on any atom is 0.244 e. The zero-order chi connectivity index (χ0) is 14.6. The first kappa shape index (κ1) is 15.0. The third kappa shape index (κ3) is 3.02. The highest BCUT2D eigenvalue weighted by Crippen LogP contribution is 2.23. The number of nitriles is 2. The molecule has 1 aromatic carbocycles. The number of rotatable bonds is 4. The Morgan fingerprint density at radius 1 is 1.42 bits per heavy atom. The quantitative estimate of drug-likeness (QED) is 0.828. The lowest BCUT2D eigenvalue weighted by atomic mass is 10.2. The highest BCUT2D eigenvalue weighted by molar-refractivity contribution is 7.89. The number of nitrogen functional groups attached to an aromatic ring is 1. The molecule has 0 bridgehead atoms. The number of nitrogens with two attached hydrogens (primary N) is 1. The van der Waals surface area contributed by atoms with E-state index in [-0.39, 0.29) is 16.9 Å². The summed E-state index contributed by atoms with van der Waals surface area (Å²) in [7, 11) is -2.43. The third-order valence-electron chi connectivity index (χ3n) is 2.79. The van der Waals surface area contributed by atoms with Crippen LogP contribution in [0.4, 0.5) is 5.69 Å². The highest BCUT2D eigenvalue weighted by atomic mass is 32.2. The minimum atomic E-state index is -3.82. The van der Waals surface area contributed by atoms with E-state index in [1.165, 1.54) is 25.2 Å². The predicted molar refractivity (Wildman–Crippen MR) is 70.2 cm³/mol. The zero-order valence-electron chi connectivity index (χ0n) is 10.7. The predicted octanol–water partition coefficient (Wildman–Crippen LogP) is 1.06. The molecule has 100 valence electrons. The van der Waals surface area contributed by atoms with Crippen molar-refractivity contribution in [2.75, 3.05) is 12.8 Å². The van der Waals surface area contributed by atoms with Gasteiger partial charge >= 0.3 is 0 Å². The number of hydrogen-bond acceptors (Lipinski definition) is 5. The van der Waals surface area contributed by atoms with E-state index in [0.29, 0.717) is 5.69 Å². The molecule has 0 fully saturated rings. The van der Waals surface area contributed by atoms with Gasteiger partial charge in [-0.2, -0.15) is 14.8 Å². The standard InChI is InChI=1S/C12H14N4O2S/c1-9(5-6-13)16(2)19(17,18)12-4-3-11(15)7-10(12)8-14/h3-4,7,9H,5,15H2,1-2H3. The van der Waals surface area contributed by atoms with Crippen molar-refractivity contribution in [3.05, 3.63) is 23.8 Å². The van der Waals surface area contributed by atoms with E-state index in [0.717, 1.165) is 4.31 Å². The lowest BCUT2D eigenvalue weighted by Crippen LogP contribution is -2.35. The SMILES string of the molecule is CC(CC#N)N(C)S(=O)(=O)c1ccc(N)cc1C#N. The second-order valence-corrected chi connectivity index (χ2v) is 6.07. The van der Waals surface area contributed by atoms with Gasteiger partial charge in [0.1, 0.15) is 11.0 Å². The van der Waals surface area contributed by atoms with Gasteiger partial charge in [0.05, 0.1) is 18.1 Å². The summed E-state index contributed by atoms with van der Waals surface area (Å²) < 4.78 is 25.8. The van der Waals surface area contributed by atoms with Crippen molar-refractivity contribution < 1.29 is 8.42 Å². The van der Waals surface area contributed by atoms with E-state index in [9.17, 15) is 8.42 Å². The van der Waals surface area contributed by atoms with Crippen molar-refractivity contribution in [3.8, 4) is 12.1 Å². The lowest BCUT2D eigenvalue weighted by molar-refractivity contribution is 0.393. The van der Waals surface area contributed by atoms with Gasteiger partial charge in [0.15, 0.2) is 0 Å². The molecule has 0 radical (unpaired) electrons. The summed E-state index contributed by atoms with van der Waals surface area (Å²) in [6, 6.07) is 7.31. The van der Waals surface area contributed by atoms with E-state index < -0.39 is 16.1 Å². The molecule has 0 aliphatic rings. The maximum absolute atomic E-state index is 12.4. The molecular formula is C12H14N4O2S. The summed E-state index contributed by atoms with van der Waals surface area (Å²) in [5.74, 6) is 0. The van der Waals surface area contributed by atoms with E-state index in [1.807, 2.05) is 12.1 Å². The summed E-state index contributed by atoms with van der Waals surface area (Å²) >= 11 is 0. The number of nitrogens with zero attached hydrogens (tertiary/aromatic N) is 3. The van der Waals surface area contributed by atoms with Crippen molar-refractivity contribution >= 4 is 15.7 Å². The molecule has 6 nitrogen and oxygen atoms in total. The molecule has 0 saturated heterocycles. The van der Waals surface area contributed by atoms with Crippen molar-refractivity contribution in [2.24, 2.45) is 0 Å². The van der Waals surface area contributed by atoms with Crippen LogP contribution in [0.25, 0.3) is 0 Å². The van der Waals surface area contributed by atoms with E-state index in [4.69, 9.17) is 16.3 Å². The smallest absolute Gasteiger partial charge is 0.244 e. The maximum atomic E-state index is 12.4. The average Bonchev–Trinajstić information content (AvgIpc) is 2.37. The fourth-order valence-electron chi connectivity index (χ4n) is 1.51. The second kappa shape index (κ2) is 5.70. The van der Waals surface area contributed by atoms with Gasteiger partial charge in [-0.25, -0.2) is 8.42 Å². The van der Waals surface area contributed by atoms with Crippen LogP contribution >= 0.6 is 0 Å². The van der Waals surface area contributed by atoms with E-state index in [1.54, 1.807) is 6.92 Å². The number of benzene rings is 1. The average molecular weight is 278 g/mol. The normalized spacial score (nSPS) is 12.7. The third-order valence-corrected chi connectivity index (χ3v) is 4.82. The largest absolute Gasteiger partial charge is 0.399 e. The molecule has 1 unspecified atom stereocenters. The molecule has 0 heterocycles. The van der Waals surface area contributed by atoms with E-state index >= 15 is 0 Å². The monoisotopic (exact) mass is 278 g/mol. The fourth-order valence-corrected chi connectivity index (χ4v) is 2.99. The van der Waals surface area contributed by atoms with Gasteiger partial charge in [0.2, 0.25) is 10.0 Å². The van der Waals surface area contributed by atoms with Crippen LogP contribution in [0.3, 0.4) is 0 Å². The van der Waals surface area contributed by atoms with Crippen LogP contribution in [0.1, 0.15) is 18.9 Å². The topological polar surface area (TPSA) is 111 Å². The second-order valence-electron chi connectivity index (χ2n) is 4.10. The molecule has 0 amide bonds. The van der Waals surface area contributed by atoms with Crippen LogP contribution < -0.4 is 5.73 Å². The fraction of sp³-hybridized carbons (Fsp3) is 0.333. The molecule has 0 aliphatic heterocycles. The Bertz CT molecular complexity index is 655. The van der Waals surface area contributed by atoms with Gasteiger partial charge in [-0.3, -0.25) is 0 Å². The molecule has 1 atom stereocenters. The molecule has 2 N–H and O–H groups in total. The van der Waals surface area contributed by atoms with Gasteiger partial charge in [0, 0.05) is 18.8 Å². The van der Waals surface area contributed by atoms with E-state index in [2.05, 4.69) is 0 Å². The Kier molecular flexibility index (Phi) is 4.49. The van der Waals surface area contributed by atoms with Crippen LogP contribution in [0.15, 0.2) is 23.1 Å². The first-order valence-electron chi connectivity index (χ1n) is 5.49. The molecular weight excluding hydrogens is 264 g/mol. The lowest BCUT2D eigenvalue weighted by Gasteiger charge is -2.22. The molecule has 1 rings (SSSR count). The minimum Gasteiger partial charge on any atom is -0.399 e. The van der Waals surface area contributed by atoms with Crippen molar-refractivity contribution in [1.82, 2.24) is 4.31 Å². The van der Waals surface area contributed by atoms with Gasteiger partial charge in [-0.1, -0.05) is 0 Å². The van der Waals surface area contributed by atoms with Gasteiger partial charge in [-0.05, 0) is 25.1 Å². The molecule has 0 saturated carbocycles. The van der Waals surface area contributed by atoms with Crippen LogP contribution in [-0.2, 0) is 10.0 Å². The van der Waals surface area contributed by atoms with Gasteiger partial charge in [0.25, 0.3) is 0 Å². The van der Waals surface area contributed by atoms with Crippen molar-refractivity contribution in [2.45, 2.75) is 24.3 Å². The van der Waals surface area contributed by atoms with Crippen LogP contribution in [-0.4, -0.2) is 25.8 Å². The molecule has 1 aromatic rings. The number of hydrogen-bond donors (Lipinski definition) is 1. The number of sulfonamides is 1. The Morgan fingerprint density at radius 3 is 2.58 bits per heavy atom. The Balaban J connectivity index is 3.29. The highest BCUT2D eigenvalue weighted by Gasteiger charge is 2.27. The molecule has 0 aromatic heterocycles. The Labute approximate surface area is 112 Å². The molecule has 7 heteroatoms. The van der Waals surface area contributed by atoms with Crippen LogP contribution in [0.5, 0.6) is 0 Å². The van der Waals surface area contributed by atoms with Crippen molar-refractivity contribution in [3.63, 3.8) is 0 Å².